The monoisotopic (exact) mass is 324 g/mol. The first-order valence-electron chi connectivity index (χ1n) is 6.70. The number of piperidine rings is 1. The zero-order valence-electron chi connectivity index (χ0n) is 11.4. The number of halogens is 1. The molecule has 0 atom stereocenters. The molecule has 3 heterocycles. The molecular weight excluding hydrogens is 308 g/mol. The molecule has 0 radical (unpaired) electrons. The van der Waals surface area contributed by atoms with Gasteiger partial charge in [0.05, 0.1) is 5.69 Å². The van der Waals surface area contributed by atoms with Crippen LogP contribution >= 0.6 is 23.7 Å². The van der Waals surface area contributed by atoms with Gasteiger partial charge in [-0.2, -0.15) is 0 Å². The SMILES string of the molecule is Cl.O=C(Nc1nc(-c2cccnc2)cs1)C1CCNCC1. The summed E-state index contributed by atoms with van der Waals surface area (Å²) in [6, 6.07) is 3.84. The maximum absolute atomic E-state index is 12.1. The number of aromatic nitrogens is 2. The molecule has 1 saturated heterocycles. The van der Waals surface area contributed by atoms with Crippen molar-refractivity contribution in [1.29, 1.82) is 0 Å². The normalized spacial score (nSPS) is 15.2. The lowest BCUT2D eigenvalue weighted by atomic mass is 9.97. The fourth-order valence-corrected chi connectivity index (χ4v) is 2.99. The van der Waals surface area contributed by atoms with E-state index in [1.807, 2.05) is 17.5 Å². The number of hydrogen-bond donors (Lipinski definition) is 2. The van der Waals surface area contributed by atoms with Crippen LogP contribution in [0.15, 0.2) is 29.9 Å². The van der Waals surface area contributed by atoms with Gasteiger partial charge >= 0.3 is 0 Å². The van der Waals surface area contributed by atoms with Crippen LogP contribution in [0.5, 0.6) is 0 Å². The van der Waals surface area contributed by atoms with Crippen molar-refractivity contribution in [2.75, 3.05) is 18.4 Å². The van der Waals surface area contributed by atoms with Crippen LogP contribution in [0, 0.1) is 5.92 Å². The first-order chi connectivity index (χ1) is 9.83. The molecule has 21 heavy (non-hydrogen) atoms. The van der Waals surface area contributed by atoms with Gasteiger partial charge in [0.25, 0.3) is 0 Å². The van der Waals surface area contributed by atoms with Crippen LogP contribution in [0.3, 0.4) is 0 Å². The number of carbonyl (C=O) groups excluding carboxylic acids is 1. The first-order valence-corrected chi connectivity index (χ1v) is 7.58. The van der Waals surface area contributed by atoms with E-state index >= 15 is 0 Å². The summed E-state index contributed by atoms with van der Waals surface area (Å²) in [5.74, 6) is 0.181. The van der Waals surface area contributed by atoms with Crippen molar-refractivity contribution >= 4 is 34.8 Å². The van der Waals surface area contributed by atoms with Crippen LogP contribution in [0.1, 0.15) is 12.8 Å². The van der Waals surface area contributed by atoms with Crippen LogP contribution in [0.4, 0.5) is 5.13 Å². The Balaban J connectivity index is 0.00000161. The Hall–Kier alpha value is -1.50. The topological polar surface area (TPSA) is 66.9 Å². The third kappa shape index (κ3) is 4.00. The second-order valence-corrected chi connectivity index (χ2v) is 5.65. The highest BCUT2D eigenvalue weighted by Gasteiger charge is 2.21. The average Bonchev–Trinajstić information content (AvgIpc) is 2.97. The highest BCUT2D eigenvalue weighted by Crippen LogP contribution is 2.25. The highest BCUT2D eigenvalue weighted by atomic mass is 35.5. The van der Waals surface area contributed by atoms with Gasteiger partial charge in [0.1, 0.15) is 0 Å². The molecule has 2 aromatic heterocycles. The van der Waals surface area contributed by atoms with Gasteiger partial charge in [0.15, 0.2) is 5.13 Å². The van der Waals surface area contributed by atoms with E-state index in [0.29, 0.717) is 5.13 Å². The lowest BCUT2D eigenvalue weighted by Gasteiger charge is -2.20. The maximum Gasteiger partial charge on any atom is 0.229 e. The van der Waals surface area contributed by atoms with Crippen molar-refractivity contribution in [3.63, 3.8) is 0 Å². The molecule has 1 aliphatic rings. The number of pyridine rings is 1. The summed E-state index contributed by atoms with van der Waals surface area (Å²) >= 11 is 1.45. The highest BCUT2D eigenvalue weighted by molar-refractivity contribution is 7.14. The lowest BCUT2D eigenvalue weighted by Crippen LogP contribution is -2.34. The summed E-state index contributed by atoms with van der Waals surface area (Å²) in [6.45, 7) is 1.83. The van der Waals surface area contributed by atoms with Crippen molar-refractivity contribution < 1.29 is 4.79 Å². The van der Waals surface area contributed by atoms with Gasteiger partial charge in [-0.25, -0.2) is 4.98 Å². The van der Waals surface area contributed by atoms with Crippen molar-refractivity contribution in [3.8, 4) is 11.3 Å². The molecule has 2 aromatic rings. The largest absolute Gasteiger partial charge is 0.317 e. The van der Waals surface area contributed by atoms with Crippen LogP contribution in [-0.2, 0) is 4.79 Å². The summed E-state index contributed by atoms with van der Waals surface area (Å²) in [7, 11) is 0. The third-order valence-electron chi connectivity index (χ3n) is 3.40. The van der Waals surface area contributed by atoms with Crippen LogP contribution in [-0.4, -0.2) is 29.0 Å². The molecule has 1 aliphatic heterocycles. The van der Waals surface area contributed by atoms with Gasteiger partial charge in [-0.05, 0) is 38.1 Å². The van der Waals surface area contributed by atoms with Crippen molar-refractivity contribution in [2.45, 2.75) is 12.8 Å². The number of thiazole rings is 1. The van der Waals surface area contributed by atoms with Gasteiger partial charge in [-0.1, -0.05) is 0 Å². The van der Waals surface area contributed by atoms with E-state index in [4.69, 9.17) is 0 Å². The third-order valence-corrected chi connectivity index (χ3v) is 4.16. The minimum atomic E-state index is 0. The zero-order valence-corrected chi connectivity index (χ0v) is 13.0. The Morgan fingerprint density at radius 2 is 2.19 bits per heavy atom. The second kappa shape index (κ2) is 7.49. The van der Waals surface area contributed by atoms with Crippen molar-refractivity contribution in [3.05, 3.63) is 29.9 Å². The summed E-state index contributed by atoms with van der Waals surface area (Å²) in [4.78, 5) is 20.6. The number of anilines is 1. The molecule has 112 valence electrons. The van der Waals surface area contributed by atoms with Crippen molar-refractivity contribution in [2.24, 2.45) is 5.92 Å². The van der Waals surface area contributed by atoms with Gasteiger partial charge < -0.3 is 10.6 Å². The summed E-state index contributed by atoms with van der Waals surface area (Å²) in [5, 5.41) is 8.78. The molecule has 0 unspecified atom stereocenters. The minimum absolute atomic E-state index is 0. The molecule has 0 spiro atoms. The van der Waals surface area contributed by atoms with E-state index in [1.165, 1.54) is 11.3 Å². The Labute approximate surface area is 133 Å². The predicted octanol–water partition coefficient (Wildman–Crippen LogP) is 2.57. The van der Waals surface area contributed by atoms with Gasteiger partial charge in [0.2, 0.25) is 5.91 Å². The maximum atomic E-state index is 12.1. The van der Waals surface area contributed by atoms with Crippen LogP contribution in [0.25, 0.3) is 11.3 Å². The van der Waals surface area contributed by atoms with Crippen LogP contribution in [0.2, 0.25) is 0 Å². The molecule has 2 N–H and O–H groups in total. The predicted molar refractivity (Wildman–Crippen MR) is 86.8 cm³/mol. The van der Waals surface area contributed by atoms with E-state index in [0.717, 1.165) is 37.2 Å². The standard InChI is InChI=1S/C14H16N4OS.ClH/c19-13(10-3-6-15-7-4-10)18-14-17-12(9-20-14)11-2-1-5-16-8-11;/h1-2,5,8-10,15H,3-4,6-7H2,(H,17,18,19);1H. The molecule has 5 nitrogen and oxygen atoms in total. The number of carbonyl (C=O) groups is 1. The first kappa shape index (κ1) is 15.9. The summed E-state index contributed by atoms with van der Waals surface area (Å²) < 4.78 is 0. The molecule has 1 fully saturated rings. The average molecular weight is 325 g/mol. The molecule has 1 amide bonds. The van der Waals surface area contributed by atoms with E-state index in [1.54, 1.807) is 12.4 Å². The van der Waals surface area contributed by atoms with Crippen molar-refractivity contribution in [1.82, 2.24) is 15.3 Å². The zero-order chi connectivity index (χ0) is 13.8. The van der Waals surface area contributed by atoms with Crippen LogP contribution < -0.4 is 10.6 Å². The molecule has 0 aromatic carbocycles. The summed E-state index contributed by atoms with van der Waals surface area (Å²) in [5.41, 5.74) is 1.81. The number of amides is 1. The summed E-state index contributed by atoms with van der Waals surface area (Å²) in [6.07, 6.45) is 5.29. The second-order valence-electron chi connectivity index (χ2n) is 4.79. The van der Waals surface area contributed by atoms with Gasteiger partial charge in [-0.3, -0.25) is 9.78 Å². The lowest BCUT2D eigenvalue weighted by molar-refractivity contribution is -0.120. The Morgan fingerprint density at radius 3 is 2.90 bits per heavy atom. The molecule has 0 bridgehead atoms. The Bertz CT molecular complexity index is 584. The van der Waals surface area contributed by atoms with Gasteiger partial charge in [-0.15, -0.1) is 23.7 Å². The fraction of sp³-hybridized carbons (Fsp3) is 0.357. The number of nitrogens with one attached hydrogen (secondary N) is 2. The van der Waals surface area contributed by atoms with E-state index in [9.17, 15) is 4.79 Å². The number of rotatable bonds is 3. The van der Waals surface area contributed by atoms with E-state index in [-0.39, 0.29) is 24.2 Å². The minimum Gasteiger partial charge on any atom is -0.317 e. The Kier molecular flexibility index (Phi) is 5.67. The van der Waals surface area contributed by atoms with E-state index in [2.05, 4.69) is 20.6 Å². The fourth-order valence-electron chi connectivity index (χ4n) is 2.27. The van der Waals surface area contributed by atoms with Gasteiger partial charge in [0, 0.05) is 29.3 Å². The molecular formula is C14H17ClN4OS. The number of hydrogen-bond acceptors (Lipinski definition) is 5. The Morgan fingerprint density at radius 1 is 1.38 bits per heavy atom. The van der Waals surface area contributed by atoms with E-state index < -0.39 is 0 Å². The smallest absolute Gasteiger partial charge is 0.229 e. The quantitative estimate of drug-likeness (QED) is 0.910. The molecule has 7 heteroatoms. The molecule has 3 rings (SSSR count). The molecule has 0 aliphatic carbocycles. The molecule has 0 saturated carbocycles. The number of nitrogens with zero attached hydrogens (tertiary/aromatic N) is 2.